The number of hydrogen-bond donors (Lipinski definition) is 1. The Balaban J connectivity index is 1.77. The van der Waals surface area contributed by atoms with Crippen molar-refractivity contribution in [2.45, 2.75) is 24.7 Å². The van der Waals surface area contributed by atoms with Crippen LogP contribution in [-0.2, 0) is 0 Å². The average Bonchev–Trinajstić information content (AvgIpc) is 2.27. The van der Waals surface area contributed by atoms with Crippen LogP contribution in [0.2, 0.25) is 0 Å². The smallest absolute Gasteiger partial charge is 0.134 e. The van der Waals surface area contributed by atoms with E-state index < -0.39 is 0 Å². The van der Waals surface area contributed by atoms with Crippen molar-refractivity contribution < 1.29 is 0 Å². The monoisotopic (exact) mass is 232 g/mol. The summed E-state index contributed by atoms with van der Waals surface area (Å²) in [5, 5.41) is 3.28. The Morgan fingerprint density at radius 3 is 2.94 bits per heavy atom. The molecule has 1 aromatic heterocycles. The molecule has 0 aromatic carbocycles. The zero-order chi connectivity index (χ0) is 11.7. The van der Waals surface area contributed by atoms with Crippen LogP contribution >= 0.6 is 0 Å². The van der Waals surface area contributed by atoms with Gasteiger partial charge >= 0.3 is 0 Å². The molecule has 0 spiro atoms. The van der Waals surface area contributed by atoms with E-state index in [1.54, 1.807) is 0 Å². The summed E-state index contributed by atoms with van der Waals surface area (Å²) in [5.74, 6) is 2.18. The largest absolute Gasteiger partial charge is 0.315 e. The highest BCUT2D eigenvalue weighted by molar-refractivity contribution is 5.13. The van der Waals surface area contributed by atoms with Gasteiger partial charge in [0.2, 0.25) is 0 Å². The van der Waals surface area contributed by atoms with Gasteiger partial charge in [-0.15, -0.1) is 0 Å². The molecule has 17 heavy (non-hydrogen) atoms. The summed E-state index contributed by atoms with van der Waals surface area (Å²) in [6.45, 7) is 4.43. The molecule has 0 aliphatic carbocycles. The van der Waals surface area contributed by atoms with Gasteiger partial charge in [0.1, 0.15) is 5.82 Å². The van der Waals surface area contributed by atoms with Gasteiger partial charge in [-0.25, -0.2) is 9.97 Å². The summed E-state index contributed by atoms with van der Waals surface area (Å²) >= 11 is 0. The third-order valence-electron chi connectivity index (χ3n) is 3.89. The number of hydrogen-bond acceptors (Lipinski definition) is 4. The lowest BCUT2D eigenvalue weighted by Gasteiger charge is -2.30. The maximum atomic E-state index is 4.78. The molecule has 0 amide bonds. The van der Waals surface area contributed by atoms with E-state index in [1.165, 1.54) is 25.1 Å². The Morgan fingerprint density at radius 2 is 2.24 bits per heavy atom. The first-order valence-electron chi connectivity index (χ1n) is 6.55. The fourth-order valence-electron chi connectivity index (χ4n) is 2.69. The van der Waals surface area contributed by atoms with E-state index in [2.05, 4.69) is 28.3 Å². The molecule has 2 saturated heterocycles. The van der Waals surface area contributed by atoms with Crippen molar-refractivity contribution in [1.82, 2.24) is 20.2 Å². The number of piperidine rings is 1. The summed E-state index contributed by atoms with van der Waals surface area (Å²) in [6, 6.07) is 2.10. The van der Waals surface area contributed by atoms with Crippen LogP contribution < -0.4 is 5.32 Å². The molecule has 2 fully saturated rings. The van der Waals surface area contributed by atoms with Crippen molar-refractivity contribution in [2.75, 3.05) is 33.2 Å². The van der Waals surface area contributed by atoms with Crippen LogP contribution in [0.4, 0.5) is 0 Å². The van der Waals surface area contributed by atoms with Crippen molar-refractivity contribution >= 4 is 0 Å². The van der Waals surface area contributed by atoms with Crippen molar-refractivity contribution in [1.29, 1.82) is 0 Å². The second kappa shape index (κ2) is 4.70. The molecule has 4 heteroatoms. The molecule has 1 unspecified atom stereocenters. The summed E-state index contributed by atoms with van der Waals surface area (Å²) < 4.78 is 0. The number of nitrogens with zero attached hydrogens (tertiary/aromatic N) is 3. The van der Waals surface area contributed by atoms with E-state index >= 15 is 0 Å². The number of nitrogens with one attached hydrogen (secondary N) is 1. The Kier molecular flexibility index (Phi) is 3.07. The molecule has 3 heterocycles. The van der Waals surface area contributed by atoms with E-state index in [9.17, 15) is 0 Å². The molecule has 0 bridgehead atoms. The van der Waals surface area contributed by atoms with Crippen LogP contribution in [0.25, 0.3) is 0 Å². The minimum Gasteiger partial charge on any atom is -0.315 e. The first-order chi connectivity index (χ1) is 8.33. The predicted octanol–water partition coefficient (Wildman–Crippen LogP) is 0.973. The third-order valence-corrected chi connectivity index (χ3v) is 3.89. The van der Waals surface area contributed by atoms with Crippen molar-refractivity contribution in [3.05, 3.63) is 23.8 Å². The minimum atomic E-state index is 0.538. The Morgan fingerprint density at radius 1 is 1.35 bits per heavy atom. The van der Waals surface area contributed by atoms with Crippen LogP contribution in [-0.4, -0.2) is 48.1 Å². The SMILES string of the molecule is CN1CCCC(c2ccnc(C3CNC3)n2)C1. The maximum Gasteiger partial charge on any atom is 0.134 e. The first-order valence-corrected chi connectivity index (χ1v) is 6.55. The fourth-order valence-corrected chi connectivity index (χ4v) is 2.69. The molecular formula is C13H20N4. The van der Waals surface area contributed by atoms with Crippen LogP contribution in [0.15, 0.2) is 12.3 Å². The average molecular weight is 232 g/mol. The quantitative estimate of drug-likeness (QED) is 0.825. The van der Waals surface area contributed by atoms with Crippen molar-refractivity contribution in [3.8, 4) is 0 Å². The van der Waals surface area contributed by atoms with Gasteiger partial charge in [-0.1, -0.05) is 0 Å². The van der Waals surface area contributed by atoms with Gasteiger partial charge < -0.3 is 10.2 Å². The molecule has 0 saturated carbocycles. The standard InChI is InChI=1S/C13H20N4/c1-17-6-2-3-10(9-17)12-4-5-15-13(16-12)11-7-14-8-11/h4-5,10-11,14H,2-3,6-9H2,1H3. The predicted molar refractivity (Wildman–Crippen MR) is 67.1 cm³/mol. The molecule has 0 radical (unpaired) electrons. The topological polar surface area (TPSA) is 41.1 Å². The molecule has 2 aliphatic rings. The normalized spacial score (nSPS) is 26.8. The van der Waals surface area contributed by atoms with Gasteiger partial charge in [0.25, 0.3) is 0 Å². The summed E-state index contributed by atoms with van der Waals surface area (Å²) in [5.41, 5.74) is 1.24. The van der Waals surface area contributed by atoms with E-state index in [1.807, 2.05) is 6.20 Å². The van der Waals surface area contributed by atoms with Gasteiger partial charge in [0.05, 0.1) is 0 Å². The summed E-state index contributed by atoms with van der Waals surface area (Å²) in [4.78, 5) is 11.6. The Bertz CT molecular complexity index is 389. The third kappa shape index (κ3) is 2.33. The van der Waals surface area contributed by atoms with Gasteiger partial charge in [0.15, 0.2) is 0 Å². The number of likely N-dealkylation sites (tertiary alicyclic amines) is 1. The van der Waals surface area contributed by atoms with Crippen molar-refractivity contribution in [2.24, 2.45) is 0 Å². The van der Waals surface area contributed by atoms with Crippen LogP contribution in [0.1, 0.15) is 36.2 Å². The van der Waals surface area contributed by atoms with Gasteiger partial charge in [-0.2, -0.15) is 0 Å². The fraction of sp³-hybridized carbons (Fsp3) is 0.692. The number of rotatable bonds is 2. The van der Waals surface area contributed by atoms with Gasteiger partial charge in [-0.3, -0.25) is 0 Å². The molecular weight excluding hydrogens is 212 g/mol. The Labute approximate surface area is 102 Å². The Hall–Kier alpha value is -1.00. The minimum absolute atomic E-state index is 0.538. The van der Waals surface area contributed by atoms with Crippen LogP contribution in [0.5, 0.6) is 0 Å². The number of likely N-dealkylation sites (N-methyl/N-ethyl adjacent to an activating group) is 1. The van der Waals surface area contributed by atoms with E-state index in [-0.39, 0.29) is 0 Å². The molecule has 1 atom stereocenters. The van der Waals surface area contributed by atoms with E-state index in [4.69, 9.17) is 4.98 Å². The maximum absolute atomic E-state index is 4.78. The lowest BCUT2D eigenvalue weighted by molar-refractivity contribution is 0.248. The highest BCUT2D eigenvalue weighted by Crippen LogP contribution is 2.25. The van der Waals surface area contributed by atoms with E-state index in [0.29, 0.717) is 11.8 Å². The molecule has 92 valence electrons. The molecule has 4 nitrogen and oxygen atoms in total. The second-order valence-corrected chi connectivity index (χ2v) is 5.30. The van der Waals surface area contributed by atoms with E-state index in [0.717, 1.165) is 25.5 Å². The highest BCUT2D eigenvalue weighted by Gasteiger charge is 2.24. The molecule has 2 aliphatic heterocycles. The zero-order valence-electron chi connectivity index (χ0n) is 10.4. The lowest BCUT2D eigenvalue weighted by atomic mass is 9.94. The summed E-state index contributed by atoms with van der Waals surface area (Å²) in [7, 11) is 2.20. The van der Waals surface area contributed by atoms with Gasteiger partial charge in [0, 0.05) is 43.4 Å². The summed E-state index contributed by atoms with van der Waals surface area (Å²) in [6.07, 6.45) is 4.49. The molecule has 3 rings (SSSR count). The van der Waals surface area contributed by atoms with Crippen LogP contribution in [0, 0.1) is 0 Å². The van der Waals surface area contributed by atoms with Crippen LogP contribution in [0.3, 0.4) is 0 Å². The second-order valence-electron chi connectivity index (χ2n) is 5.30. The lowest BCUT2D eigenvalue weighted by Crippen LogP contribution is -2.41. The molecule has 1 N–H and O–H groups in total. The van der Waals surface area contributed by atoms with Gasteiger partial charge in [-0.05, 0) is 32.5 Å². The molecule has 1 aromatic rings. The van der Waals surface area contributed by atoms with Crippen molar-refractivity contribution in [3.63, 3.8) is 0 Å². The number of aromatic nitrogens is 2. The first kappa shape index (κ1) is 11.1. The zero-order valence-corrected chi connectivity index (χ0v) is 10.4. The highest BCUT2D eigenvalue weighted by atomic mass is 15.1.